The molecule has 7 nitrogen and oxygen atoms in total. The highest BCUT2D eigenvalue weighted by Crippen LogP contribution is 2.13. The Bertz CT molecular complexity index is 615. The second-order valence-electron chi connectivity index (χ2n) is 5.65. The Hall–Kier alpha value is -1.60. The van der Waals surface area contributed by atoms with E-state index in [0.29, 0.717) is 32.5 Å². The minimum absolute atomic E-state index is 0.260. The predicted molar refractivity (Wildman–Crippen MR) is 94.8 cm³/mol. The monoisotopic (exact) mass is 354 g/mol. The SMILES string of the molecule is CCN(Cc1ccccc1)S(=O)(=O)CC(O)CCCCCN=[N+]=[N-]. The Morgan fingerprint density at radius 2 is 1.96 bits per heavy atom. The van der Waals surface area contributed by atoms with Gasteiger partial charge in [-0.25, -0.2) is 8.42 Å². The summed E-state index contributed by atoms with van der Waals surface area (Å²) in [7, 11) is -3.50. The molecule has 8 heteroatoms. The van der Waals surface area contributed by atoms with Crippen molar-refractivity contribution in [2.24, 2.45) is 5.11 Å². The number of aliphatic hydroxyl groups excluding tert-OH is 1. The third kappa shape index (κ3) is 7.79. The molecule has 0 aliphatic rings. The van der Waals surface area contributed by atoms with Gasteiger partial charge in [0.05, 0.1) is 11.9 Å². The maximum atomic E-state index is 12.5. The van der Waals surface area contributed by atoms with Gasteiger partial charge in [0.25, 0.3) is 0 Å². The molecule has 0 spiro atoms. The normalized spacial score (nSPS) is 12.8. The lowest BCUT2D eigenvalue weighted by Gasteiger charge is -2.22. The van der Waals surface area contributed by atoms with E-state index in [9.17, 15) is 13.5 Å². The number of benzene rings is 1. The first-order chi connectivity index (χ1) is 11.5. The molecule has 1 rings (SSSR count). The number of rotatable bonds is 12. The summed E-state index contributed by atoms with van der Waals surface area (Å²) in [6, 6.07) is 9.42. The van der Waals surface area contributed by atoms with Crippen molar-refractivity contribution >= 4 is 10.0 Å². The fourth-order valence-corrected chi connectivity index (χ4v) is 4.01. The summed E-state index contributed by atoms with van der Waals surface area (Å²) in [4.78, 5) is 2.67. The third-order valence-corrected chi connectivity index (χ3v) is 5.69. The minimum Gasteiger partial charge on any atom is -0.392 e. The molecule has 1 aromatic carbocycles. The molecule has 0 fully saturated rings. The predicted octanol–water partition coefficient (Wildman–Crippen LogP) is 3.07. The van der Waals surface area contributed by atoms with Crippen molar-refractivity contribution in [2.75, 3.05) is 18.8 Å². The fourth-order valence-electron chi connectivity index (χ4n) is 2.41. The summed E-state index contributed by atoms with van der Waals surface area (Å²) >= 11 is 0. The molecule has 0 aliphatic carbocycles. The van der Waals surface area contributed by atoms with Gasteiger partial charge in [-0.2, -0.15) is 4.31 Å². The largest absolute Gasteiger partial charge is 0.392 e. The van der Waals surface area contributed by atoms with Crippen LogP contribution in [0.3, 0.4) is 0 Å². The molecule has 0 radical (unpaired) electrons. The minimum atomic E-state index is -3.50. The lowest BCUT2D eigenvalue weighted by Crippen LogP contribution is -2.36. The molecule has 0 saturated heterocycles. The van der Waals surface area contributed by atoms with Crippen LogP contribution in [0.4, 0.5) is 0 Å². The van der Waals surface area contributed by atoms with E-state index in [0.717, 1.165) is 18.4 Å². The van der Waals surface area contributed by atoms with Crippen molar-refractivity contribution in [1.82, 2.24) is 4.31 Å². The van der Waals surface area contributed by atoms with Crippen molar-refractivity contribution in [3.05, 3.63) is 46.3 Å². The molecule has 0 aliphatic heterocycles. The maximum absolute atomic E-state index is 12.5. The highest BCUT2D eigenvalue weighted by molar-refractivity contribution is 7.89. The fraction of sp³-hybridized carbons (Fsp3) is 0.625. The van der Waals surface area contributed by atoms with Crippen molar-refractivity contribution < 1.29 is 13.5 Å². The Kier molecular flexibility index (Phi) is 9.41. The smallest absolute Gasteiger partial charge is 0.216 e. The van der Waals surface area contributed by atoms with E-state index in [4.69, 9.17) is 5.53 Å². The van der Waals surface area contributed by atoms with Crippen molar-refractivity contribution in [2.45, 2.75) is 45.3 Å². The zero-order valence-electron chi connectivity index (χ0n) is 14.1. The molecule has 0 amide bonds. The van der Waals surface area contributed by atoms with E-state index < -0.39 is 16.1 Å². The van der Waals surface area contributed by atoms with Crippen LogP contribution in [-0.2, 0) is 16.6 Å². The zero-order valence-corrected chi connectivity index (χ0v) is 14.9. The van der Waals surface area contributed by atoms with Gasteiger partial charge >= 0.3 is 0 Å². The standard InChI is InChI=1S/C16H26N4O3S/c1-2-20(13-15-9-5-3-6-10-15)24(22,23)14-16(21)11-7-4-8-12-18-19-17/h3,5-6,9-10,16,21H,2,4,7-8,11-14H2,1H3. The summed E-state index contributed by atoms with van der Waals surface area (Å²) in [6.45, 7) is 2.92. The molecule has 1 atom stereocenters. The van der Waals surface area contributed by atoms with Crippen molar-refractivity contribution in [3.8, 4) is 0 Å². The van der Waals surface area contributed by atoms with Gasteiger partial charge in [0.2, 0.25) is 10.0 Å². The molecule has 0 bridgehead atoms. The quantitative estimate of drug-likeness (QED) is 0.270. The molecule has 0 heterocycles. The lowest BCUT2D eigenvalue weighted by molar-refractivity contribution is 0.181. The van der Waals surface area contributed by atoms with Crippen LogP contribution in [0.1, 0.15) is 38.2 Å². The van der Waals surface area contributed by atoms with Crippen molar-refractivity contribution in [1.29, 1.82) is 0 Å². The van der Waals surface area contributed by atoms with Crippen LogP contribution in [-0.4, -0.2) is 42.8 Å². The van der Waals surface area contributed by atoms with E-state index in [1.807, 2.05) is 30.3 Å². The first kappa shape index (κ1) is 20.4. The number of aliphatic hydroxyl groups is 1. The molecule has 0 aromatic heterocycles. The summed E-state index contributed by atoms with van der Waals surface area (Å²) in [5.41, 5.74) is 9.09. The van der Waals surface area contributed by atoms with Crippen LogP contribution in [0, 0.1) is 0 Å². The highest BCUT2D eigenvalue weighted by atomic mass is 32.2. The van der Waals surface area contributed by atoms with E-state index in [1.54, 1.807) is 6.92 Å². The first-order valence-corrected chi connectivity index (χ1v) is 9.81. The van der Waals surface area contributed by atoms with Gasteiger partial charge in [0.15, 0.2) is 0 Å². The van der Waals surface area contributed by atoms with Gasteiger partial charge in [0, 0.05) is 24.5 Å². The van der Waals surface area contributed by atoms with Gasteiger partial charge < -0.3 is 5.11 Å². The molecular weight excluding hydrogens is 328 g/mol. The van der Waals surface area contributed by atoms with Crippen LogP contribution in [0.15, 0.2) is 35.4 Å². The summed E-state index contributed by atoms with van der Waals surface area (Å²) in [5, 5.41) is 13.4. The molecular formula is C16H26N4O3S. The van der Waals surface area contributed by atoms with Crippen LogP contribution in [0.25, 0.3) is 10.4 Å². The van der Waals surface area contributed by atoms with Gasteiger partial charge in [-0.15, -0.1) is 0 Å². The van der Waals surface area contributed by atoms with Crippen LogP contribution >= 0.6 is 0 Å². The summed E-state index contributed by atoms with van der Waals surface area (Å²) in [6.07, 6.45) is 1.82. The molecule has 134 valence electrons. The molecule has 1 N–H and O–H groups in total. The highest BCUT2D eigenvalue weighted by Gasteiger charge is 2.24. The second kappa shape index (κ2) is 11.0. The number of sulfonamides is 1. The van der Waals surface area contributed by atoms with E-state index in [1.165, 1.54) is 4.31 Å². The second-order valence-corrected chi connectivity index (χ2v) is 7.66. The number of unbranched alkanes of at least 4 members (excludes halogenated alkanes) is 2. The number of hydrogen-bond acceptors (Lipinski definition) is 4. The van der Waals surface area contributed by atoms with Crippen LogP contribution in [0.5, 0.6) is 0 Å². The van der Waals surface area contributed by atoms with Gasteiger partial charge in [-0.3, -0.25) is 0 Å². The van der Waals surface area contributed by atoms with Crippen LogP contribution < -0.4 is 0 Å². The summed E-state index contributed by atoms with van der Waals surface area (Å²) in [5.74, 6) is -0.260. The van der Waals surface area contributed by atoms with E-state index in [-0.39, 0.29) is 5.75 Å². The number of azide groups is 1. The molecule has 24 heavy (non-hydrogen) atoms. The Morgan fingerprint density at radius 1 is 1.25 bits per heavy atom. The average molecular weight is 354 g/mol. The summed E-state index contributed by atoms with van der Waals surface area (Å²) < 4.78 is 26.3. The zero-order chi connectivity index (χ0) is 17.8. The number of nitrogens with zero attached hydrogens (tertiary/aromatic N) is 4. The third-order valence-electron chi connectivity index (χ3n) is 3.71. The molecule has 0 saturated carbocycles. The van der Waals surface area contributed by atoms with Crippen LogP contribution in [0.2, 0.25) is 0 Å². The van der Waals surface area contributed by atoms with Gasteiger partial charge in [0.1, 0.15) is 0 Å². The van der Waals surface area contributed by atoms with E-state index >= 15 is 0 Å². The Morgan fingerprint density at radius 3 is 2.58 bits per heavy atom. The maximum Gasteiger partial charge on any atom is 0.216 e. The number of hydrogen-bond donors (Lipinski definition) is 1. The average Bonchev–Trinajstić information content (AvgIpc) is 2.56. The molecule has 1 aromatic rings. The molecule has 1 unspecified atom stereocenters. The first-order valence-electron chi connectivity index (χ1n) is 8.20. The van der Waals surface area contributed by atoms with Crippen molar-refractivity contribution in [3.63, 3.8) is 0 Å². The Balaban J connectivity index is 2.45. The topological polar surface area (TPSA) is 106 Å². The van der Waals surface area contributed by atoms with Gasteiger partial charge in [-0.1, -0.05) is 55.2 Å². The Labute approximate surface area is 144 Å². The van der Waals surface area contributed by atoms with Gasteiger partial charge in [-0.05, 0) is 23.9 Å². The van der Waals surface area contributed by atoms with E-state index in [2.05, 4.69) is 10.0 Å². The lowest BCUT2D eigenvalue weighted by atomic mass is 10.1.